The van der Waals surface area contributed by atoms with Crippen molar-refractivity contribution in [2.24, 2.45) is 0 Å². The number of carbonyl (C=O) groups is 2. The van der Waals surface area contributed by atoms with E-state index in [1.807, 2.05) is 24.3 Å². The Hall–Kier alpha value is -1.95. The summed E-state index contributed by atoms with van der Waals surface area (Å²) in [6, 6.07) is 12.2. The van der Waals surface area contributed by atoms with Crippen molar-refractivity contribution in [1.82, 2.24) is 10.2 Å². The first-order valence-electron chi connectivity index (χ1n) is 8.45. The van der Waals surface area contributed by atoms with E-state index in [4.69, 9.17) is 34.8 Å². The Bertz CT molecular complexity index is 835. The van der Waals surface area contributed by atoms with Crippen LogP contribution in [0.1, 0.15) is 10.4 Å². The zero-order valence-electron chi connectivity index (χ0n) is 14.4. The number of nitrogens with one attached hydrogen (secondary N) is 1. The zero-order valence-corrected chi connectivity index (χ0v) is 16.7. The second-order valence-corrected chi connectivity index (χ2v) is 7.41. The Labute approximate surface area is 172 Å². The molecule has 1 heterocycles. The fourth-order valence-electron chi connectivity index (χ4n) is 2.87. The molecule has 8 heteroatoms. The minimum absolute atomic E-state index is 0.0555. The quantitative estimate of drug-likeness (QED) is 0.810. The Kier molecular flexibility index (Phi) is 6.47. The molecule has 2 aromatic carbocycles. The third-order valence-corrected chi connectivity index (χ3v) is 5.40. The highest BCUT2D eigenvalue weighted by Crippen LogP contribution is 2.22. The minimum atomic E-state index is -0.360. The molecule has 0 atom stereocenters. The fourth-order valence-corrected chi connectivity index (χ4v) is 3.30. The molecule has 1 saturated heterocycles. The van der Waals surface area contributed by atoms with Gasteiger partial charge in [0, 0.05) is 42.5 Å². The highest BCUT2D eigenvalue weighted by atomic mass is 35.5. The molecule has 0 radical (unpaired) electrons. The summed E-state index contributed by atoms with van der Waals surface area (Å²) in [5.74, 6) is -0.471. The van der Waals surface area contributed by atoms with Crippen molar-refractivity contribution in [1.29, 1.82) is 0 Å². The number of hydrogen-bond donors (Lipinski definition) is 1. The average molecular weight is 427 g/mol. The molecule has 27 heavy (non-hydrogen) atoms. The molecule has 0 unspecified atom stereocenters. The van der Waals surface area contributed by atoms with Gasteiger partial charge in [-0.15, -0.1) is 0 Å². The lowest BCUT2D eigenvalue weighted by atomic mass is 10.2. The molecule has 3 rings (SSSR count). The van der Waals surface area contributed by atoms with Crippen LogP contribution in [0.15, 0.2) is 42.5 Å². The molecule has 1 N–H and O–H groups in total. The molecule has 2 amide bonds. The van der Waals surface area contributed by atoms with Gasteiger partial charge in [-0.25, -0.2) is 0 Å². The Morgan fingerprint density at radius 3 is 2.19 bits per heavy atom. The van der Waals surface area contributed by atoms with Gasteiger partial charge in [0.05, 0.1) is 16.6 Å². The monoisotopic (exact) mass is 425 g/mol. The van der Waals surface area contributed by atoms with Crippen LogP contribution in [0.25, 0.3) is 0 Å². The number of anilines is 1. The van der Waals surface area contributed by atoms with Gasteiger partial charge in [0.25, 0.3) is 5.91 Å². The van der Waals surface area contributed by atoms with Crippen LogP contribution in [0.4, 0.5) is 5.69 Å². The van der Waals surface area contributed by atoms with E-state index in [0.29, 0.717) is 33.7 Å². The topological polar surface area (TPSA) is 52.7 Å². The molecular formula is C19H18Cl3N3O2. The first kappa shape index (κ1) is 19.8. The van der Waals surface area contributed by atoms with E-state index in [2.05, 4.69) is 10.2 Å². The summed E-state index contributed by atoms with van der Waals surface area (Å²) < 4.78 is 0. The van der Waals surface area contributed by atoms with Gasteiger partial charge in [0.15, 0.2) is 0 Å². The normalized spacial score (nSPS) is 14.2. The van der Waals surface area contributed by atoms with Crippen molar-refractivity contribution in [3.05, 3.63) is 63.1 Å². The summed E-state index contributed by atoms with van der Waals surface area (Å²) >= 11 is 17.7. The van der Waals surface area contributed by atoms with E-state index in [0.717, 1.165) is 18.8 Å². The molecular weight excluding hydrogens is 409 g/mol. The average Bonchev–Trinajstić information content (AvgIpc) is 2.68. The van der Waals surface area contributed by atoms with Crippen LogP contribution in [-0.4, -0.2) is 49.4 Å². The maximum atomic E-state index is 12.4. The summed E-state index contributed by atoms with van der Waals surface area (Å²) in [6.07, 6.45) is 0. The number of hydrogen-bond acceptors (Lipinski definition) is 3. The van der Waals surface area contributed by atoms with Crippen molar-refractivity contribution < 1.29 is 9.59 Å². The largest absolute Gasteiger partial charge is 0.368 e. The third-order valence-electron chi connectivity index (χ3n) is 4.41. The number of benzene rings is 2. The van der Waals surface area contributed by atoms with E-state index in [1.54, 1.807) is 17.0 Å². The first-order valence-corrected chi connectivity index (χ1v) is 9.59. The van der Waals surface area contributed by atoms with E-state index in [-0.39, 0.29) is 18.4 Å². The lowest BCUT2D eigenvalue weighted by Gasteiger charge is -2.36. The molecule has 1 aliphatic heterocycles. The molecule has 142 valence electrons. The second kappa shape index (κ2) is 8.83. The fraction of sp³-hybridized carbons (Fsp3) is 0.263. The van der Waals surface area contributed by atoms with Crippen LogP contribution in [-0.2, 0) is 4.79 Å². The molecule has 0 aromatic heterocycles. The second-order valence-electron chi connectivity index (χ2n) is 6.16. The van der Waals surface area contributed by atoms with Gasteiger partial charge < -0.3 is 15.1 Å². The smallest absolute Gasteiger partial charge is 0.251 e. The van der Waals surface area contributed by atoms with Crippen molar-refractivity contribution in [3.8, 4) is 0 Å². The standard InChI is InChI=1S/C19H18Cl3N3O2/c20-14-2-4-15(5-3-14)24-7-9-25(10-8-24)18(26)12-23-19(27)13-1-6-16(21)17(22)11-13/h1-6,11H,7-10,12H2,(H,23,27). The van der Waals surface area contributed by atoms with Gasteiger partial charge in [-0.3, -0.25) is 9.59 Å². The van der Waals surface area contributed by atoms with E-state index >= 15 is 0 Å². The van der Waals surface area contributed by atoms with Gasteiger partial charge in [-0.1, -0.05) is 34.8 Å². The number of nitrogens with zero attached hydrogens (tertiary/aromatic N) is 2. The van der Waals surface area contributed by atoms with Crippen molar-refractivity contribution in [3.63, 3.8) is 0 Å². The van der Waals surface area contributed by atoms with E-state index in [9.17, 15) is 9.59 Å². The highest BCUT2D eigenvalue weighted by Gasteiger charge is 2.21. The summed E-state index contributed by atoms with van der Waals surface area (Å²) in [5, 5.41) is 4.01. The Morgan fingerprint density at radius 2 is 1.56 bits per heavy atom. The molecule has 0 spiro atoms. The predicted molar refractivity (Wildman–Crippen MR) is 109 cm³/mol. The van der Waals surface area contributed by atoms with E-state index < -0.39 is 0 Å². The molecule has 0 saturated carbocycles. The maximum Gasteiger partial charge on any atom is 0.251 e. The lowest BCUT2D eigenvalue weighted by molar-refractivity contribution is -0.130. The zero-order chi connectivity index (χ0) is 19.4. The van der Waals surface area contributed by atoms with Gasteiger partial charge in [0.2, 0.25) is 5.91 Å². The van der Waals surface area contributed by atoms with Crippen LogP contribution in [0.5, 0.6) is 0 Å². The van der Waals surface area contributed by atoms with Gasteiger partial charge in [-0.05, 0) is 42.5 Å². The van der Waals surface area contributed by atoms with Crippen molar-refractivity contribution in [2.45, 2.75) is 0 Å². The minimum Gasteiger partial charge on any atom is -0.368 e. The Balaban J connectivity index is 1.48. The van der Waals surface area contributed by atoms with Gasteiger partial charge >= 0.3 is 0 Å². The van der Waals surface area contributed by atoms with Gasteiger partial charge in [0.1, 0.15) is 0 Å². The number of carbonyl (C=O) groups excluding carboxylic acids is 2. The van der Waals surface area contributed by atoms with Crippen LogP contribution in [0.2, 0.25) is 15.1 Å². The Morgan fingerprint density at radius 1 is 0.889 bits per heavy atom. The molecule has 1 aliphatic rings. The van der Waals surface area contributed by atoms with Crippen molar-refractivity contribution >= 4 is 52.3 Å². The number of piperazine rings is 1. The maximum absolute atomic E-state index is 12.4. The number of halogens is 3. The number of rotatable bonds is 4. The summed E-state index contributed by atoms with van der Waals surface area (Å²) in [4.78, 5) is 28.5. The highest BCUT2D eigenvalue weighted by molar-refractivity contribution is 6.42. The molecule has 1 fully saturated rings. The van der Waals surface area contributed by atoms with Crippen LogP contribution >= 0.6 is 34.8 Å². The third kappa shape index (κ3) is 5.06. The SMILES string of the molecule is O=C(NCC(=O)N1CCN(c2ccc(Cl)cc2)CC1)c1ccc(Cl)c(Cl)c1. The molecule has 0 bridgehead atoms. The summed E-state index contributed by atoms with van der Waals surface area (Å²) in [5.41, 5.74) is 1.45. The predicted octanol–water partition coefficient (Wildman–Crippen LogP) is 3.73. The van der Waals surface area contributed by atoms with Crippen LogP contribution in [0.3, 0.4) is 0 Å². The lowest BCUT2D eigenvalue weighted by Crippen LogP contribution is -2.51. The van der Waals surface area contributed by atoms with Gasteiger partial charge in [-0.2, -0.15) is 0 Å². The van der Waals surface area contributed by atoms with Crippen LogP contribution in [0, 0.1) is 0 Å². The summed E-state index contributed by atoms with van der Waals surface area (Å²) in [6.45, 7) is 2.61. The molecule has 2 aromatic rings. The number of amides is 2. The van der Waals surface area contributed by atoms with Crippen LogP contribution < -0.4 is 10.2 Å². The van der Waals surface area contributed by atoms with E-state index in [1.165, 1.54) is 6.07 Å². The summed E-state index contributed by atoms with van der Waals surface area (Å²) in [7, 11) is 0. The molecule has 0 aliphatic carbocycles. The van der Waals surface area contributed by atoms with Crippen molar-refractivity contribution in [2.75, 3.05) is 37.6 Å². The first-order chi connectivity index (χ1) is 12.9. The molecule has 5 nitrogen and oxygen atoms in total.